The molecule has 1 aliphatic rings. The molecule has 1 N–H and O–H groups in total. The number of hydrogen-bond acceptors (Lipinski definition) is 7. The molecule has 0 unspecified atom stereocenters. The highest BCUT2D eigenvalue weighted by Crippen LogP contribution is 2.38. The van der Waals surface area contributed by atoms with Gasteiger partial charge in [-0.05, 0) is 50.3 Å². The van der Waals surface area contributed by atoms with Gasteiger partial charge in [-0.1, -0.05) is 39.8 Å². The first-order valence-electron chi connectivity index (χ1n) is 10.4. The summed E-state index contributed by atoms with van der Waals surface area (Å²) in [7, 11) is 1.37. The lowest BCUT2D eigenvalue weighted by Gasteiger charge is -2.11. The minimum Gasteiger partial charge on any atom is -0.465 e. The number of methoxy groups -OCH3 is 1. The molecule has 0 saturated carbocycles. The van der Waals surface area contributed by atoms with E-state index in [4.69, 9.17) is 4.74 Å². The van der Waals surface area contributed by atoms with Crippen LogP contribution in [0, 0.1) is 0 Å². The van der Waals surface area contributed by atoms with Crippen LogP contribution >= 0.6 is 39.0 Å². The zero-order valence-electron chi connectivity index (χ0n) is 17.8. The molecule has 0 bridgehead atoms. The van der Waals surface area contributed by atoms with E-state index in [2.05, 4.69) is 31.4 Å². The second-order valence-electron chi connectivity index (χ2n) is 7.30. The Balaban J connectivity index is 1.48. The number of anilines is 1. The first-order chi connectivity index (χ1) is 15.5. The SMILES string of the molecule is CCn1c(SCC(=O)Nc2sc3c(c2C(=O)OC)CCCC3)nnc1-c1ccc(Br)cc1. The van der Waals surface area contributed by atoms with Gasteiger partial charge in [0.2, 0.25) is 5.91 Å². The van der Waals surface area contributed by atoms with Crippen LogP contribution in [0.4, 0.5) is 5.00 Å². The summed E-state index contributed by atoms with van der Waals surface area (Å²) in [5.74, 6) is 0.357. The number of halogens is 1. The Kier molecular flexibility index (Phi) is 7.32. The van der Waals surface area contributed by atoms with E-state index < -0.39 is 5.97 Å². The van der Waals surface area contributed by atoms with Crippen molar-refractivity contribution >= 4 is 55.9 Å². The van der Waals surface area contributed by atoms with Gasteiger partial charge in [-0.2, -0.15) is 0 Å². The zero-order valence-corrected chi connectivity index (χ0v) is 21.0. The van der Waals surface area contributed by atoms with Gasteiger partial charge in [-0.15, -0.1) is 21.5 Å². The lowest BCUT2D eigenvalue weighted by Crippen LogP contribution is -2.17. The molecular weight excluding hydrogens is 512 g/mol. The monoisotopic (exact) mass is 534 g/mol. The average Bonchev–Trinajstić information content (AvgIpc) is 3.38. The number of nitrogens with zero attached hydrogens (tertiary/aromatic N) is 3. The summed E-state index contributed by atoms with van der Waals surface area (Å²) in [6, 6.07) is 7.89. The average molecular weight is 535 g/mol. The van der Waals surface area contributed by atoms with Gasteiger partial charge in [0.25, 0.3) is 0 Å². The Morgan fingerprint density at radius 1 is 1.22 bits per heavy atom. The molecule has 0 atom stereocenters. The number of ether oxygens (including phenoxy) is 1. The molecule has 0 radical (unpaired) electrons. The van der Waals surface area contributed by atoms with Crippen LogP contribution in [0.1, 0.15) is 40.6 Å². The van der Waals surface area contributed by atoms with Gasteiger partial charge < -0.3 is 14.6 Å². The molecule has 3 aromatic rings. The van der Waals surface area contributed by atoms with E-state index >= 15 is 0 Å². The number of aromatic nitrogens is 3. The van der Waals surface area contributed by atoms with Gasteiger partial charge in [-0.3, -0.25) is 4.79 Å². The van der Waals surface area contributed by atoms with Gasteiger partial charge in [0.1, 0.15) is 5.00 Å². The quantitative estimate of drug-likeness (QED) is 0.331. The summed E-state index contributed by atoms with van der Waals surface area (Å²) in [5, 5.41) is 12.8. The first kappa shape index (κ1) is 23.0. The predicted octanol–water partition coefficient (Wildman–Crippen LogP) is 5.19. The largest absolute Gasteiger partial charge is 0.465 e. The Morgan fingerprint density at radius 2 is 1.97 bits per heavy atom. The maximum Gasteiger partial charge on any atom is 0.341 e. The maximum absolute atomic E-state index is 12.7. The second-order valence-corrected chi connectivity index (χ2v) is 10.3. The van der Waals surface area contributed by atoms with E-state index in [0.29, 0.717) is 22.3 Å². The summed E-state index contributed by atoms with van der Waals surface area (Å²) in [6.07, 6.45) is 3.93. The molecule has 7 nitrogen and oxygen atoms in total. The van der Waals surface area contributed by atoms with Gasteiger partial charge in [0, 0.05) is 21.5 Å². The van der Waals surface area contributed by atoms with Crippen LogP contribution < -0.4 is 5.32 Å². The van der Waals surface area contributed by atoms with Crippen molar-refractivity contribution in [2.75, 3.05) is 18.2 Å². The summed E-state index contributed by atoms with van der Waals surface area (Å²) < 4.78 is 7.97. The van der Waals surface area contributed by atoms with E-state index in [1.54, 1.807) is 0 Å². The van der Waals surface area contributed by atoms with Crippen molar-refractivity contribution in [3.63, 3.8) is 0 Å². The second kappa shape index (κ2) is 10.2. The van der Waals surface area contributed by atoms with E-state index in [1.807, 2.05) is 35.8 Å². The molecule has 10 heteroatoms. The molecule has 2 heterocycles. The number of carbonyl (C=O) groups excluding carboxylic acids is 2. The molecule has 4 rings (SSSR count). The lowest BCUT2D eigenvalue weighted by atomic mass is 9.95. The van der Waals surface area contributed by atoms with Crippen molar-refractivity contribution in [2.45, 2.75) is 44.3 Å². The van der Waals surface area contributed by atoms with Crippen molar-refractivity contribution in [1.82, 2.24) is 14.8 Å². The summed E-state index contributed by atoms with van der Waals surface area (Å²) >= 11 is 6.26. The molecule has 0 spiro atoms. The predicted molar refractivity (Wildman–Crippen MR) is 130 cm³/mol. The van der Waals surface area contributed by atoms with E-state index in [-0.39, 0.29) is 11.7 Å². The molecule has 32 heavy (non-hydrogen) atoms. The number of hydrogen-bond donors (Lipinski definition) is 1. The van der Waals surface area contributed by atoms with Crippen LogP contribution in [0.3, 0.4) is 0 Å². The molecule has 2 aromatic heterocycles. The molecule has 168 valence electrons. The summed E-state index contributed by atoms with van der Waals surface area (Å²) in [5.41, 5.74) is 2.51. The molecule has 0 saturated heterocycles. The lowest BCUT2D eigenvalue weighted by molar-refractivity contribution is -0.113. The fourth-order valence-electron chi connectivity index (χ4n) is 3.76. The third-order valence-corrected chi connectivity index (χ3v) is 7.98. The van der Waals surface area contributed by atoms with Crippen molar-refractivity contribution < 1.29 is 14.3 Å². The van der Waals surface area contributed by atoms with Crippen LogP contribution in [0.25, 0.3) is 11.4 Å². The van der Waals surface area contributed by atoms with Crippen LogP contribution in [-0.2, 0) is 28.9 Å². The fraction of sp³-hybridized carbons (Fsp3) is 0.364. The van der Waals surface area contributed by atoms with E-state index in [1.165, 1.54) is 35.1 Å². The van der Waals surface area contributed by atoms with Crippen molar-refractivity contribution in [1.29, 1.82) is 0 Å². The number of benzene rings is 1. The highest BCUT2D eigenvalue weighted by molar-refractivity contribution is 9.10. The Morgan fingerprint density at radius 3 is 2.69 bits per heavy atom. The standard InChI is InChI=1S/C22H23BrN4O3S2/c1-3-27-19(13-8-10-14(23)11-9-13)25-26-22(27)31-12-17(28)24-20-18(21(29)30-2)15-6-4-5-7-16(15)32-20/h8-11H,3-7,12H2,1-2H3,(H,24,28). The van der Waals surface area contributed by atoms with E-state index in [0.717, 1.165) is 47.1 Å². The van der Waals surface area contributed by atoms with Crippen molar-refractivity contribution in [3.8, 4) is 11.4 Å². The smallest absolute Gasteiger partial charge is 0.341 e. The van der Waals surface area contributed by atoms with Crippen LogP contribution in [-0.4, -0.2) is 39.5 Å². The minimum absolute atomic E-state index is 0.168. The number of amides is 1. The van der Waals surface area contributed by atoms with Crippen LogP contribution in [0.15, 0.2) is 33.9 Å². The first-order valence-corrected chi connectivity index (χ1v) is 13.0. The normalized spacial score (nSPS) is 13.0. The van der Waals surface area contributed by atoms with Crippen molar-refractivity contribution in [2.24, 2.45) is 0 Å². The Labute approximate surface area is 203 Å². The number of carbonyl (C=O) groups is 2. The molecule has 0 aliphatic heterocycles. The molecular formula is C22H23BrN4O3S2. The topological polar surface area (TPSA) is 86.1 Å². The molecule has 1 aromatic carbocycles. The minimum atomic E-state index is -0.391. The number of aryl methyl sites for hydroxylation is 1. The van der Waals surface area contributed by atoms with Gasteiger partial charge in [-0.25, -0.2) is 4.79 Å². The maximum atomic E-state index is 12.7. The van der Waals surface area contributed by atoms with E-state index in [9.17, 15) is 9.59 Å². The highest BCUT2D eigenvalue weighted by atomic mass is 79.9. The number of rotatable bonds is 7. The van der Waals surface area contributed by atoms with Crippen LogP contribution in [0.5, 0.6) is 0 Å². The summed E-state index contributed by atoms with van der Waals surface area (Å²) in [4.78, 5) is 26.3. The van der Waals surface area contributed by atoms with Crippen LogP contribution in [0.2, 0.25) is 0 Å². The fourth-order valence-corrected chi connectivity index (χ4v) is 6.12. The van der Waals surface area contributed by atoms with Gasteiger partial charge in [0.15, 0.2) is 11.0 Å². The zero-order chi connectivity index (χ0) is 22.7. The van der Waals surface area contributed by atoms with Gasteiger partial charge in [0.05, 0.1) is 18.4 Å². The summed E-state index contributed by atoms with van der Waals surface area (Å²) in [6.45, 7) is 2.71. The third kappa shape index (κ3) is 4.77. The highest BCUT2D eigenvalue weighted by Gasteiger charge is 2.27. The molecule has 1 amide bonds. The third-order valence-electron chi connectivity index (χ3n) is 5.28. The molecule has 1 aliphatic carbocycles. The number of nitrogens with one attached hydrogen (secondary N) is 1. The molecule has 0 fully saturated rings. The number of thiophene rings is 1. The Bertz CT molecular complexity index is 1140. The Hall–Kier alpha value is -2.17. The van der Waals surface area contributed by atoms with Crippen molar-refractivity contribution in [3.05, 3.63) is 44.7 Å². The van der Waals surface area contributed by atoms with Gasteiger partial charge >= 0.3 is 5.97 Å². The number of thioether (sulfide) groups is 1. The number of fused-ring (bicyclic) bond motifs is 1. The number of esters is 1.